The summed E-state index contributed by atoms with van der Waals surface area (Å²) in [5, 5.41) is 3.39. The van der Waals surface area contributed by atoms with Crippen LogP contribution in [0.3, 0.4) is 0 Å². The molecule has 0 unspecified atom stereocenters. The van der Waals surface area contributed by atoms with Crippen LogP contribution in [0.1, 0.15) is 30.1 Å². The first kappa shape index (κ1) is 16.0. The molecule has 1 heterocycles. The van der Waals surface area contributed by atoms with Gasteiger partial charge in [-0.05, 0) is 58.0 Å². The third-order valence-electron chi connectivity index (χ3n) is 4.03. The Kier molecular flexibility index (Phi) is 6.21. The lowest BCUT2D eigenvalue weighted by molar-refractivity contribution is 0.101. The van der Waals surface area contributed by atoms with Crippen LogP contribution >= 0.6 is 0 Å². The third-order valence-corrected chi connectivity index (χ3v) is 4.03. The monoisotopic (exact) mass is 290 g/mol. The van der Waals surface area contributed by atoms with Gasteiger partial charge in [0.15, 0.2) is 5.78 Å². The van der Waals surface area contributed by atoms with Crippen LogP contribution in [0.25, 0.3) is 0 Å². The van der Waals surface area contributed by atoms with Gasteiger partial charge in [0.25, 0.3) is 0 Å². The van der Waals surface area contributed by atoms with Gasteiger partial charge < -0.3 is 15.0 Å². The van der Waals surface area contributed by atoms with Crippen molar-refractivity contribution in [2.45, 2.75) is 19.8 Å². The van der Waals surface area contributed by atoms with E-state index in [-0.39, 0.29) is 5.78 Å². The molecule has 4 heteroatoms. The Morgan fingerprint density at radius 2 is 2.05 bits per heavy atom. The number of para-hydroxylation sites is 1. The highest BCUT2D eigenvalue weighted by Gasteiger charge is 2.15. The molecule has 21 heavy (non-hydrogen) atoms. The fourth-order valence-electron chi connectivity index (χ4n) is 2.79. The average Bonchev–Trinajstić information content (AvgIpc) is 2.48. The van der Waals surface area contributed by atoms with E-state index in [9.17, 15) is 4.79 Å². The quantitative estimate of drug-likeness (QED) is 0.782. The van der Waals surface area contributed by atoms with E-state index in [0.717, 1.165) is 32.1 Å². The van der Waals surface area contributed by atoms with Crippen LogP contribution in [0.2, 0.25) is 0 Å². The van der Waals surface area contributed by atoms with Crippen molar-refractivity contribution in [1.29, 1.82) is 0 Å². The zero-order chi connectivity index (χ0) is 15.1. The van der Waals surface area contributed by atoms with Gasteiger partial charge in [0, 0.05) is 13.1 Å². The Hall–Kier alpha value is -1.39. The summed E-state index contributed by atoms with van der Waals surface area (Å²) in [5.41, 5.74) is 0.665. The molecule has 0 amide bonds. The summed E-state index contributed by atoms with van der Waals surface area (Å²) in [4.78, 5) is 13.9. The number of rotatable bonds is 7. The molecule has 0 saturated carbocycles. The molecule has 4 nitrogen and oxygen atoms in total. The highest BCUT2D eigenvalue weighted by Crippen LogP contribution is 2.18. The molecule has 1 fully saturated rings. The zero-order valence-corrected chi connectivity index (χ0v) is 13.1. The summed E-state index contributed by atoms with van der Waals surface area (Å²) in [6.07, 6.45) is 2.52. The van der Waals surface area contributed by atoms with Gasteiger partial charge in [-0.15, -0.1) is 0 Å². The van der Waals surface area contributed by atoms with Crippen molar-refractivity contribution in [1.82, 2.24) is 10.2 Å². The third kappa shape index (κ3) is 5.14. The van der Waals surface area contributed by atoms with E-state index in [1.807, 2.05) is 24.3 Å². The van der Waals surface area contributed by atoms with E-state index in [2.05, 4.69) is 17.3 Å². The summed E-state index contributed by atoms with van der Waals surface area (Å²) in [7, 11) is 2.14. The lowest BCUT2D eigenvalue weighted by atomic mass is 9.98. The van der Waals surface area contributed by atoms with E-state index in [4.69, 9.17) is 4.74 Å². The van der Waals surface area contributed by atoms with E-state index in [0.29, 0.717) is 17.9 Å². The molecule has 0 bridgehead atoms. The summed E-state index contributed by atoms with van der Waals surface area (Å²) < 4.78 is 5.78. The summed E-state index contributed by atoms with van der Waals surface area (Å²) in [5.74, 6) is 1.54. The normalized spacial score (nSPS) is 16.1. The molecule has 2 rings (SSSR count). The highest BCUT2D eigenvalue weighted by atomic mass is 16.5. The van der Waals surface area contributed by atoms with Crippen LogP contribution in [0.15, 0.2) is 24.3 Å². The van der Waals surface area contributed by atoms with Gasteiger partial charge in [0.05, 0.1) is 5.56 Å². The van der Waals surface area contributed by atoms with Crippen LogP contribution in [-0.2, 0) is 0 Å². The molecule has 0 spiro atoms. The van der Waals surface area contributed by atoms with Crippen LogP contribution in [0, 0.1) is 5.92 Å². The fourth-order valence-corrected chi connectivity index (χ4v) is 2.79. The first-order chi connectivity index (χ1) is 10.2. The van der Waals surface area contributed by atoms with Gasteiger partial charge in [-0.2, -0.15) is 0 Å². The maximum atomic E-state index is 11.5. The van der Waals surface area contributed by atoms with Crippen LogP contribution in [0.5, 0.6) is 5.75 Å². The molecule has 1 aromatic carbocycles. The van der Waals surface area contributed by atoms with E-state index >= 15 is 0 Å². The van der Waals surface area contributed by atoms with Gasteiger partial charge in [0.1, 0.15) is 12.4 Å². The number of ketones is 1. The minimum absolute atomic E-state index is 0.0497. The number of benzene rings is 1. The maximum Gasteiger partial charge on any atom is 0.163 e. The minimum atomic E-state index is 0.0497. The van der Waals surface area contributed by atoms with Crippen LogP contribution in [-0.4, -0.2) is 50.5 Å². The number of hydrogen-bond acceptors (Lipinski definition) is 4. The molecule has 0 aromatic heterocycles. The fraction of sp³-hybridized carbons (Fsp3) is 0.588. The largest absolute Gasteiger partial charge is 0.491 e. The number of piperidine rings is 1. The number of carbonyl (C=O) groups excluding carboxylic acids is 1. The number of ether oxygens (including phenoxy) is 1. The second-order valence-electron chi connectivity index (χ2n) is 5.86. The molecular weight excluding hydrogens is 264 g/mol. The predicted octanol–water partition coefficient (Wildman–Crippen LogP) is 2.20. The molecular formula is C17H26N2O2. The number of hydrogen-bond donors (Lipinski definition) is 1. The molecule has 116 valence electrons. The summed E-state index contributed by atoms with van der Waals surface area (Å²) in [6.45, 7) is 6.48. The lowest BCUT2D eigenvalue weighted by Gasteiger charge is -2.27. The molecule has 1 aliphatic heterocycles. The molecule has 0 atom stereocenters. The SMILES string of the molecule is CC(=O)c1ccccc1OCCN(C)CC1CCNCC1. The van der Waals surface area contributed by atoms with Crippen LogP contribution < -0.4 is 10.1 Å². The second-order valence-corrected chi connectivity index (χ2v) is 5.86. The minimum Gasteiger partial charge on any atom is -0.491 e. The molecule has 1 N–H and O–H groups in total. The summed E-state index contributed by atoms with van der Waals surface area (Å²) in [6, 6.07) is 7.45. The molecule has 0 radical (unpaired) electrons. The first-order valence-corrected chi connectivity index (χ1v) is 7.79. The Bertz CT molecular complexity index is 456. The van der Waals surface area contributed by atoms with Crippen molar-refractivity contribution in [2.75, 3.05) is 39.8 Å². The number of carbonyl (C=O) groups is 1. The van der Waals surface area contributed by atoms with Gasteiger partial charge in [0.2, 0.25) is 0 Å². The number of nitrogens with one attached hydrogen (secondary N) is 1. The Morgan fingerprint density at radius 3 is 2.76 bits per heavy atom. The van der Waals surface area contributed by atoms with Gasteiger partial charge in [-0.1, -0.05) is 12.1 Å². The standard InChI is InChI=1S/C17H26N2O2/c1-14(20)16-5-3-4-6-17(16)21-12-11-19(2)13-15-7-9-18-10-8-15/h3-6,15,18H,7-13H2,1-2H3. The molecule has 1 aliphatic rings. The number of nitrogens with zero attached hydrogens (tertiary/aromatic N) is 1. The van der Waals surface area contributed by atoms with E-state index < -0.39 is 0 Å². The average molecular weight is 290 g/mol. The topological polar surface area (TPSA) is 41.6 Å². The van der Waals surface area contributed by atoms with Crippen molar-refractivity contribution in [3.05, 3.63) is 29.8 Å². The molecule has 0 aliphatic carbocycles. The molecule has 1 aromatic rings. The zero-order valence-electron chi connectivity index (χ0n) is 13.1. The van der Waals surface area contributed by atoms with Crippen molar-refractivity contribution >= 4 is 5.78 Å². The van der Waals surface area contributed by atoms with Gasteiger partial charge in [-0.25, -0.2) is 0 Å². The predicted molar refractivity (Wildman–Crippen MR) is 85.0 cm³/mol. The highest BCUT2D eigenvalue weighted by molar-refractivity contribution is 5.96. The lowest BCUT2D eigenvalue weighted by Crippen LogP contribution is -2.36. The number of Topliss-reactive ketones (excluding diaryl/α,β-unsaturated/α-hetero) is 1. The maximum absolute atomic E-state index is 11.5. The van der Waals surface area contributed by atoms with Gasteiger partial charge in [-0.3, -0.25) is 4.79 Å². The summed E-state index contributed by atoms with van der Waals surface area (Å²) >= 11 is 0. The first-order valence-electron chi connectivity index (χ1n) is 7.79. The second kappa shape index (κ2) is 8.15. The van der Waals surface area contributed by atoms with E-state index in [1.54, 1.807) is 6.92 Å². The van der Waals surface area contributed by atoms with Crippen molar-refractivity contribution in [3.63, 3.8) is 0 Å². The van der Waals surface area contributed by atoms with Crippen molar-refractivity contribution in [3.8, 4) is 5.75 Å². The smallest absolute Gasteiger partial charge is 0.163 e. The van der Waals surface area contributed by atoms with Crippen molar-refractivity contribution < 1.29 is 9.53 Å². The molecule has 1 saturated heterocycles. The van der Waals surface area contributed by atoms with Gasteiger partial charge >= 0.3 is 0 Å². The van der Waals surface area contributed by atoms with E-state index in [1.165, 1.54) is 12.8 Å². The Labute approximate surface area is 127 Å². The van der Waals surface area contributed by atoms with Crippen molar-refractivity contribution in [2.24, 2.45) is 5.92 Å². The Balaban J connectivity index is 1.74. The number of likely N-dealkylation sites (N-methyl/N-ethyl adjacent to an activating group) is 1. The van der Waals surface area contributed by atoms with Crippen LogP contribution in [0.4, 0.5) is 0 Å². The Morgan fingerprint density at radius 1 is 1.33 bits per heavy atom.